The average Bonchev–Trinajstić information content (AvgIpc) is 2.15. The van der Waals surface area contributed by atoms with Gasteiger partial charge in [0.25, 0.3) is 5.91 Å². The fourth-order valence-electron chi connectivity index (χ4n) is 1.00. The second kappa shape index (κ2) is 4.65. The van der Waals surface area contributed by atoms with E-state index >= 15 is 0 Å². The van der Waals surface area contributed by atoms with Crippen LogP contribution in [0.5, 0.6) is 0 Å². The van der Waals surface area contributed by atoms with E-state index in [1.165, 1.54) is 6.26 Å². The summed E-state index contributed by atoms with van der Waals surface area (Å²) in [7, 11) is -1.54. The Morgan fingerprint density at radius 3 is 2.12 bits per heavy atom. The zero-order valence-electron chi connectivity index (χ0n) is 8.17. The molecule has 0 saturated heterocycles. The lowest BCUT2D eigenvalue weighted by atomic mass is 10.1. The van der Waals surface area contributed by atoms with E-state index in [2.05, 4.69) is 4.72 Å². The molecule has 0 heterocycles. The Balaban J connectivity index is 2.87. The first kappa shape index (κ1) is 12.7. The molecule has 0 radical (unpaired) electrons. The monoisotopic (exact) mass is 251 g/mol. The predicted molar refractivity (Wildman–Crippen MR) is 53.0 cm³/mol. The largest absolute Gasteiger partial charge is 0.416 e. The van der Waals surface area contributed by atoms with Crippen molar-refractivity contribution in [1.29, 1.82) is 0 Å². The Kier molecular flexibility index (Phi) is 3.69. The molecule has 16 heavy (non-hydrogen) atoms. The molecule has 0 bridgehead atoms. The molecule has 1 atom stereocenters. The van der Waals surface area contributed by atoms with Gasteiger partial charge in [-0.15, -0.1) is 0 Å². The summed E-state index contributed by atoms with van der Waals surface area (Å²) in [4.78, 5) is 11.2. The fraction of sp³-hybridized carbons (Fsp3) is 0.222. The van der Waals surface area contributed by atoms with Crippen LogP contribution in [-0.4, -0.2) is 16.4 Å². The lowest BCUT2D eigenvalue weighted by molar-refractivity contribution is -0.137. The molecule has 1 N–H and O–H groups in total. The van der Waals surface area contributed by atoms with Crippen molar-refractivity contribution in [1.82, 2.24) is 4.72 Å². The highest BCUT2D eigenvalue weighted by Gasteiger charge is 2.30. The normalized spacial score (nSPS) is 13.2. The number of carbonyl (C=O) groups excluding carboxylic acids is 1. The van der Waals surface area contributed by atoms with Crippen molar-refractivity contribution in [2.24, 2.45) is 0 Å². The zero-order chi connectivity index (χ0) is 12.3. The second-order valence-corrected chi connectivity index (χ2v) is 4.07. The highest BCUT2D eigenvalue weighted by Crippen LogP contribution is 2.28. The van der Waals surface area contributed by atoms with Gasteiger partial charge in [-0.25, -0.2) is 4.21 Å². The standard InChI is InChI=1S/C9H8F3NO2S/c1-16(15)13-8(14)6-2-4-7(5-3-6)9(10,11)12/h2-5H,1H3,(H,13,14). The number of halogens is 3. The molecule has 0 aliphatic carbocycles. The molecule has 0 aliphatic rings. The summed E-state index contributed by atoms with van der Waals surface area (Å²) in [5.74, 6) is -0.672. The van der Waals surface area contributed by atoms with Crippen LogP contribution in [0, 0.1) is 0 Å². The van der Waals surface area contributed by atoms with Gasteiger partial charge >= 0.3 is 6.18 Å². The Morgan fingerprint density at radius 1 is 1.25 bits per heavy atom. The van der Waals surface area contributed by atoms with Gasteiger partial charge in [-0.05, 0) is 24.3 Å². The van der Waals surface area contributed by atoms with Crippen LogP contribution in [0.1, 0.15) is 15.9 Å². The minimum absolute atomic E-state index is 0.0307. The molecule has 3 nitrogen and oxygen atoms in total. The van der Waals surface area contributed by atoms with E-state index in [1.54, 1.807) is 0 Å². The van der Waals surface area contributed by atoms with Gasteiger partial charge in [-0.2, -0.15) is 13.2 Å². The van der Waals surface area contributed by atoms with Gasteiger partial charge in [0.05, 0.1) is 5.56 Å². The van der Waals surface area contributed by atoms with Crippen molar-refractivity contribution in [2.45, 2.75) is 6.18 Å². The Labute approximate surface area is 92.2 Å². The van der Waals surface area contributed by atoms with E-state index in [4.69, 9.17) is 0 Å². The first-order valence-corrected chi connectivity index (χ1v) is 5.68. The van der Waals surface area contributed by atoms with Crippen LogP contribution in [0.15, 0.2) is 24.3 Å². The zero-order valence-corrected chi connectivity index (χ0v) is 8.98. The Bertz CT molecular complexity index is 414. The van der Waals surface area contributed by atoms with Crippen molar-refractivity contribution < 1.29 is 22.2 Å². The first-order chi connectivity index (χ1) is 7.30. The van der Waals surface area contributed by atoms with E-state index in [1.807, 2.05) is 0 Å². The third-order valence-corrected chi connectivity index (χ3v) is 2.18. The number of alkyl halides is 3. The lowest BCUT2D eigenvalue weighted by Gasteiger charge is -2.07. The molecule has 1 aromatic carbocycles. The summed E-state index contributed by atoms with van der Waals surface area (Å²) in [6.45, 7) is 0. The topological polar surface area (TPSA) is 46.2 Å². The van der Waals surface area contributed by atoms with Crippen molar-refractivity contribution in [3.63, 3.8) is 0 Å². The molecular formula is C9H8F3NO2S. The number of amides is 1. The Hall–Kier alpha value is -1.37. The molecule has 0 saturated carbocycles. The van der Waals surface area contributed by atoms with Crippen molar-refractivity contribution in [2.75, 3.05) is 6.26 Å². The highest BCUT2D eigenvalue weighted by molar-refractivity contribution is 7.82. The number of benzene rings is 1. The molecule has 0 aromatic heterocycles. The molecular weight excluding hydrogens is 243 g/mol. The fourth-order valence-corrected chi connectivity index (χ4v) is 1.38. The molecule has 1 rings (SSSR count). The van der Waals surface area contributed by atoms with Crippen molar-refractivity contribution >= 4 is 16.9 Å². The minimum atomic E-state index is -4.43. The number of rotatable bonds is 2. The van der Waals surface area contributed by atoms with Gasteiger partial charge < -0.3 is 0 Å². The quantitative estimate of drug-likeness (QED) is 0.870. The smallest absolute Gasteiger partial charge is 0.271 e. The molecule has 88 valence electrons. The number of hydrogen-bond acceptors (Lipinski definition) is 2. The SMILES string of the molecule is CS(=O)NC(=O)c1ccc(C(F)(F)F)cc1. The molecule has 1 amide bonds. The van der Waals surface area contributed by atoms with E-state index < -0.39 is 28.6 Å². The van der Waals surface area contributed by atoms with Gasteiger partial charge in [0.15, 0.2) is 0 Å². The maximum absolute atomic E-state index is 12.2. The molecule has 0 fully saturated rings. The van der Waals surface area contributed by atoms with Crippen LogP contribution in [0.2, 0.25) is 0 Å². The van der Waals surface area contributed by atoms with Gasteiger partial charge in [0, 0.05) is 11.8 Å². The third kappa shape index (κ3) is 3.34. The van der Waals surface area contributed by atoms with Gasteiger partial charge in [0.2, 0.25) is 0 Å². The lowest BCUT2D eigenvalue weighted by Crippen LogP contribution is -2.24. The van der Waals surface area contributed by atoms with Crippen LogP contribution in [-0.2, 0) is 17.2 Å². The van der Waals surface area contributed by atoms with Crippen LogP contribution >= 0.6 is 0 Å². The summed E-state index contributed by atoms with van der Waals surface area (Å²) in [6, 6.07) is 3.66. The highest BCUT2D eigenvalue weighted by atomic mass is 32.2. The molecule has 1 unspecified atom stereocenters. The second-order valence-electron chi connectivity index (χ2n) is 2.96. The summed E-state index contributed by atoms with van der Waals surface area (Å²) >= 11 is 0. The summed E-state index contributed by atoms with van der Waals surface area (Å²) in [5, 5.41) is 0. The molecule has 0 spiro atoms. The summed E-state index contributed by atoms with van der Waals surface area (Å²) in [6.07, 6.45) is -3.18. The van der Waals surface area contributed by atoms with Crippen LogP contribution in [0.3, 0.4) is 0 Å². The molecule has 0 aliphatic heterocycles. The van der Waals surface area contributed by atoms with Gasteiger partial charge in [-0.3, -0.25) is 9.52 Å². The molecule has 7 heteroatoms. The third-order valence-electron chi connectivity index (χ3n) is 1.71. The minimum Gasteiger partial charge on any atom is -0.271 e. The van der Waals surface area contributed by atoms with E-state index in [0.717, 1.165) is 24.3 Å². The summed E-state index contributed by atoms with van der Waals surface area (Å²) < 4.78 is 49.3. The number of carbonyl (C=O) groups is 1. The van der Waals surface area contributed by atoms with Crippen LogP contribution in [0.4, 0.5) is 13.2 Å². The van der Waals surface area contributed by atoms with Crippen molar-refractivity contribution in [3.05, 3.63) is 35.4 Å². The first-order valence-electron chi connectivity index (χ1n) is 4.12. The average molecular weight is 251 g/mol. The number of hydrogen-bond donors (Lipinski definition) is 1. The molecule has 1 aromatic rings. The van der Waals surface area contributed by atoms with Crippen molar-refractivity contribution in [3.8, 4) is 0 Å². The van der Waals surface area contributed by atoms with E-state index in [-0.39, 0.29) is 5.56 Å². The van der Waals surface area contributed by atoms with Crippen LogP contribution in [0.25, 0.3) is 0 Å². The number of nitrogens with one attached hydrogen (secondary N) is 1. The Morgan fingerprint density at radius 2 is 1.75 bits per heavy atom. The summed E-state index contributed by atoms with van der Waals surface area (Å²) in [5.41, 5.74) is -0.801. The maximum atomic E-state index is 12.2. The van der Waals surface area contributed by atoms with E-state index in [0.29, 0.717) is 0 Å². The van der Waals surface area contributed by atoms with E-state index in [9.17, 15) is 22.2 Å². The van der Waals surface area contributed by atoms with Gasteiger partial charge in [-0.1, -0.05) is 0 Å². The maximum Gasteiger partial charge on any atom is 0.416 e. The van der Waals surface area contributed by atoms with Gasteiger partial charge in [0.1, 0.15) is 11.0 Å². The van der Waals surface area contributed by atoms with Crippen LogP contribution < -0.4 is 4.72 Å². The predicted octanol–water partition coefficient (Wildman–Crippen LogP) is 1.73.